The van der Waals surface area contributed by atoms with Gasteiger partial charge in [0.05, 0.1) is 13.9 Å². The van der Waals surface area contributed by atoms with Crippen LogP contribution in [0.1, 0.15) is 10.4 Å². The fraction of sp³-hybridized carbons (Fsp3) is 0. The van der Waals surface area contributed by atoms with Crippen LogP contribution in [0.5, 0.6) is 0 Å². The summed E-state index contributed by atoms with van der Waals surface area (Å²) in [5.74, 6) is -0.122. The Hall–Kier alpha value is -1.80. The van der Waals surface area contributed by atoms with E-state index in [1.165, 1.54) is 24.4 Å². The normalized spacial score (nSPS) is 10.1. The van der Waals surface area contributed by atoms with E-state index < -0.39 is 10.8 Å². The molecule has 0 radical (unpaired) electrons. The highest BCUT2D eigenvalue weighted by molar-refractivity contribution is 9.11. The van der Waals surface area contributed by atoms with Crippen molar-refractivity contribution in [2.75, 3.05) is 5.32 Å². The molecule has 102 valence electrons. The van der Waals surface area contributed by atoms with Crippen molar-refractivity contribution in [3.05, 3.63) is 61.2 Å². The number of benzene rings is 1. The second-order valence-electron chi connectivity index (χ2n) is 3.71. The molecule has 6 nitrogen and oxygen atoms in total. The smallest absolute Gasteiger partial charge is 0.284 e. The van der Waals surface area contributed by atoms with E-state index in [0.29, 0.717) is 14.8 Å². The Balaban J connectivity index is 2.28. The van der Waals surface area contributed by atoms with E-state index in [2.05, 4.69) is 42.2 Å². The third-order valence-corrected chi connectivity index (χ3v) is 3.71. The molecule has 0 aliphatic carbocycles. The zero-order valence-electron chi connectivity index (χ0n) is 9.84. The first-order valence-electron chi connectivity index (χ1n) is 5.35. The van der Waals surface area contributed by atoms with Crippen molar-refractivity contribution < 1.29 is 9.72 Å². The molecule has 1 aromatic heterocycles. The lowest BCUT2D eigenvalue weighted by atomic mass is 10.2. The first-order chi connectivity index (χ1) is 9.49. The third kappa shape index (κ3) is 3.20. The maximum absolute atomic E-state index is 12.0. The zero-order valence-corrected chi connectivity index (χ0v) is 13.0. The number of pyridine rings is 1. The number of nitrogens with one attached hydrogen (secondary N) is 1. The molecule has 0 aliphatic heterocycles. The Labute approximate surface area is 130 Å². The number of anilines is 1. The average molecular weight is 401 g/mol. The Kier molecular flexibility index (Phi) is 4.46. The molecule has 1 heterocycles. The van der Waals surface area contributed by atoms with Crippen molar-refractivity contribution in [1.29, 1.82) is 0 Å². The van der Waals surface area contributed by atoms with Gasteiger partial charge in [0.25, 0.3) is 11.6 Å². The molecule has 0 unspecified atom stereocenters. The second-order valence-corrected chi connectivity index (χ2v) is 5.42. The fourth-order valence-electron chi connectivity index (χ4n) is 1.45. The van der Waals surface area contributed by atoms with Crippen LogP contribution in [0.15, 0.2) is 45.5 Å². The van der Waals surface area contributed by atoms with Crippen molar-refractivity contribution in [2.45, 2.75) is 0 Å². The van der Waals surface area contributed by atoms with Crippen molar-refractivity contribution >= 4 is 49.3 Å². The lowest BCUT2D eigenvalue weighted by Gasteiger charge is -2.06. The van der Waals surface area contributed by atoms with Crippen LogP contribution in [0.2, 0.25) is 0 Å². The summed E-state index contributed by atoms with van der Waals surface area (Å²) in [6.07, 6.45) is 1.53. The number of hydrogen-bond donors (Lipinski definition) is 1. The summed E-state index contributed by atoms with van der Waals surface area (Å²) in [6.45, 7) is 0. The van der Waals surface area contributed by atoms with Crippen LogP contribution < -0.4 is 5.32 Å². The molecule has 0 bridgehead atoms. The van der Waals surface area contributed by atoms with E-state index in [4.69, 9.17) is 0 Å². The Morgan fingerprint density at radius 3 is 2.65 bits per heavy atom. The first kappa shape index (κ1) is 14.6. The van der Waals surface area contributed by atoms with Crippen LogP contribution in [0.25, 0.3) is 0 Å². The van der Waals surface area contributed by atoms with Crippen molar-refractivity contribution in [3.63, 3.8) is 0 Å². The second kappa shape index (κ2) is 6.10. The van der Waals surface area contributed by atoms with Crippen LogP contribution in [0, 0.1) is 10.1 Å². The number of carbonyl (C=O) groups excluding carboxylic acids is 1. The van der Waals surface area contributed by atoms with E-state index >= 15 is 0 Å². The van der Waals surface area contributed by atoms with Gasteiger partial charge in [-0.1, -0.05) is 0 Å². The number of nitrogens with zero attached hydrogens (tertiary/aromatic N) is 2. The lowest BCUT2D eigenvalue weighted by molar-refractivity contribution is -0.385. The number of rotatable bonds is 3. The standard InChI is InChI=1S/C12H7Br2N3O3/c13-8-4-3-7(6-10(8)17(19)20)12(18)16-11-9(14)2-1-5-15-11/h1-6H,(H,15,16,18). The topological polar surface area (TPSA) is 85.1 Å². The molecule has 0 aliphatic rings. The van der Waals surface area contributed by atoms with Gasteiger partial charge in [-0.2, -0.15) is 0 Å². The summed E-state index contributed by atoms with van der Waals surface area (Å²) >= 11 is 6.32. The van der Waals surface area contributed by atoms with Gasteiger partial charge in [0.15, 0.2) is 0 Å². The van der Waals surface area contributed by atoms with Crippen molar-refractivity contribution in [1.82, 2.24) is 4.98 Å². The number of nitro groups is 1. The van der Waals surface area contributed by atoms with Gasteiger partial charge >= 0.3 is 0 Å². The van der Waals surface area contributed by atoms with E-state index in [9.17, 15) is 14.9 Å². The third-order valence-electron chi connectivity index (χ3n) is 2.40. The highest BCUT2D eigenvalue weighted by Gasteiger charge is 2.16. The molecule has 0 saturated carbocycles. The molecule has 1 N–H and O–H groups in total. The number of carbonyl (C=O) groups is 1. The predicted octanol–water partition coefficient (Wildman–Crippen LogP) is 3.77. The van der Waals surface area contributed by atoms with Gasteiger partial charge < -0.3 is 5.32 Å². The van der Waals surface area contributed by atoms with Crippen molar-refractivity contribution in [2.24, 2.45) is 0 Å². The minimum atomic E-state index is -0.558. The molecule has 0 spiro atoms. The maximum Gasteiger partial charge on any atom is 0.284 e. The molecule has 1 amide bonds. The molecule has 2 rings (SSSR count). The number of hydrogen-bond acceptors (Lipinski definition) is 4. The summed E-state index contributed by atoms with van der Waals surface area (Å²) in [7, 11) is 0. The molecule has 8 heteroatoms. The van der Waals surface area contributed by atoms with Crippen LogP contribution in [-0.4, -0.2) is 15.8 Å². The predicted molar refractivity (Wildman–Crippen MR) is 80.7 cm³/mol. The quantitative estimate of drug-likeness (QED) is 0.627. The van der Waals surface area contributed by atoms with E-state index in [0.717, 1.165) is 0 Å². The van der Waals surface area contributed by atoms with E-state index in [1.54, 1.807) is 12.1 Å². The molecule has 0 atom stereocenters. The van der Waals surface area contributed by atoms with Gasteiger partial charge in [-0.3, -0.25) is 14.9 Å². The Morgan fingerprint density at radius 1 is 1.25 bits per heavy atom. The summed E-state index contributed by atoms with van der Waals surface area (Å²) in [5.41, 5.74) is 0.00943. The molecular formula is C12H7Br2N3O3. The number of nitro benzene ring substituents is 1. The maximum atomic E-state index is 12.0. The summed E-state index contributed by atoms with van der Waals surface area (Å²) in [6, 6.07) is 7.59. The van der Waals surface area contributed by atoms with Crippen LogP contribution in [0.4, 0.5) is 11.5 Å². The Morgan fingerprint density at radius 2 is 2.00 bits per heavy atom. The van der Waals surface area contributed by atoms with Crippen LogP contribution >= 0.6 is 31.9 Å². The van der Waals surface area contributed by atoms with E-state index in [1.807, 2.05) is 0 Å². The molecular weight excluding hydrogens is 394 g/mol. The van der Waals surface area contributed by atoms with Gasteiger partial charge in [0.1, 0.15) is 5.82 Å². The lowest BCUT2D eigenvalue weighted by Crippen LogP contribution is -2.13. The van der Waals surface area contributed by atoms with Gasteiger partial charge in [-0.05, 0) is 56.1 Å². The minimum absolute atomic E-state index is 0.169. The highest BCUT2D eigenvalue weighted by Crippen LogP contribution is 2.26. The molecule has 2 aromatic rings. The zero-order chi connectivity index (χ0) is 14.7. The van der Waals surface area contributed by atoms with Crippen molar-refractivity contribution in [3.8, 4) is 0 Å². The first-order valence-corrected chi connectivity index (χ1v) is 6.93. The summed E-state index contributed by atoms with van der Waals surface area (Å²) in [5, 5.41) is 13.4. The minimum Gasteiger partial charge on any atom is -0.306 e. The molecule has 1 aromatic carbocycles. The average Bonchev–Trinajstić information content (AvgIpc) is 2.41. The summed E-state index contributed by atoms with van der Waals surface area (Å²) in [4.78, 5) is 26.3. The highest BCUT2D eigenvalue weighted by atomic mass is 79.9. The van der Waals surface area contributed by atoms with Crippen LogP contribution in [-0.2, 0) is 0 Å². The largest absolute Gasteiger partial charge is 0.306 e. The van der Waals surface area contributed by atoms with Gasteiger partial charge in [-0.25, -0.2) is 4.98 Å². The molecule has 0 fully saturated rings. The monoisotopic (exact) mass is 399 g/mol. The number of aromatic nitrogens is 1. The Bertz CT molecular complexity index is 691. The van der Waals surface area contributed by atoms with E-state index in [-0.39, 0.29) is 11.3 Å². The fourth-order valence-corrected chi connectivity index (χ4v) is 2.20. The SMILES string of the molecule is O=C(Nc1ncccc1Br)c1ccc(Br)c([N+](=O)[O-])c1. The van der Waals surface area contributed by atoms with Crippen LogP contribution in [0.3, 0.4) is 0 Å². The number of halogens is 2. The molecule has 0 saturated heterocycles. The molecule has 20 heavy (non-hydrogen) atoms. The van der Waals surface area contributed by atoms with Gasteiger partial charge in [0.2, 0.25) is 0 Å². The summed E-state index contributed by atoms with van der Waals surface area (Å²) < 4.78 is 0.943. The number of amides is 1. The van der Waals surface area contributed by atoms with Gasteiger partial charge in [-0.15, -0.1) is 0 Å². The van der Waals surface area contributed by atoms with Gasteiger partial charge in [0, 0.05) is 17.8 Å².